The molecule has 1 aliphatic rings. The molecule has 1 aliphatic heterocycles. The Hall–Kier alpha value is -0.570. The number of hydrogen-bond donors (Lipinski definition) is 1. The van der Waals surface area contributed by atoms with E-state index in [1.807, 2.05) is 24.3 Å². The van der Waals surface area contributed by atoms with E-state index >= 15 is 0 Å². The van der Waals surface area contributed by atoms with Crippen molar-refractivity contribution < 1.29 is 4.74 Å². The average Bonchev–Trinajstić information content (AvgIpc) is 2.05. The van der Waals surface area contributed by atoms with Crippen LogP contribution in [0, 0.1) is 0 Å². The molecule has 0 aromatic heterocycles. The number of nitrogens with one attached hydrogen (secondary N) is 1. The molecule has 0 aliphatic carbocycles. The minimum Gasteiger partial charge on any atom is -0.378 e. The summed E-state index contributed by atoms with van der Waals surface area (Å²) in [6, 6.07) is 8.40. The maximum absolute atomic E-state index is 6.00. The van der Waals surface area contributed by atoms with Crippen LogP contribution in [0.3, 0.4) is 0 Å². The largest absolute Gasteiger partial charge is 0.378 e. The van der Waals surface area contributed by atoms with Gasteiger partial charge in [0, 0.05) is 11.6 Å². The number of benzene rings is 1. The molecule has 0 spiro atoms. The second kappa shape index (κ2) is 4.09. The van der Waals surface area contributed by atoms with Crippen LogP contribution in [-0.4, -0.2) is 19.3 Å². The predicted octanol–water partition coefficient (Wildman–Crippen LogP) is 1.83. The first-order chi connectivity index (χ1) is 6.36. The van der Waals surface area contributed by atoms with E-state index in [0.29, 0.717) is 6.04 Å². The fourth-order valence-electron chi connectivity index (χ4n) is 1.25. The summed E-state index contributed by atoms with van der Waals surface area (Å²) in [6.45, 7) is 2.47. The standard InChI is InChI=1S/C10H12ClNO/c11-10-4-2-1-3-8(10)5-12-9-6-13-7-9/h1-4,9,12H,5-7H2. The van der Waals surface area contributed by atoms with E-state index in [4.69, 9.17) is 16.3 Å². The molecule has 1 heterocycles. The van der Waals surface area contributed by atoms with Crippen molar-refractivity contribution >= 4 is 11.6 Å². The Morgan fingerprint density at radius 3 is 2.77 bits per heavy atom. The van der Waals surface area contributed by atoms with E-state index in [9.17, 15) is 0 Å². The minimum absolute atomic E-state index is 0.510. The molecule has 0 saturated carbocycles. The molecule has 0 amide bonds. The van der Waals surface area contributed by atoms with Crippen LogP contribution in [0.5, 0.6) is 0 Å². The maximum atomic E-state index is 6.00. The second-order valence-electron chi connectivity index (χ2n) is 3.21. The normalized spacial score (nSPS) is 17.0. The minimum atomic E-state index is 0.510. The molecule has 1 fully saturated rings. The van der Waals surface area contributed by atoms with Crippen molar-refractivity contribution in [1.29, 1.82) is 0 Å². The molecule has 0 radical (unpaired) electrons. The van der Waals surface area contributed by atoms with Crippen molar-refractivity contribution in [3.05, 3.63) is 34.9 Å². The molecule has 1 aromatic rings. The maximum Gasteiger partial charge on any atom is 0.0643 e. The van der Waals surface area contributed by atoms with Gasteiger partial charge in [-0.25, -0.2) is 0 Å². The smallest absolute Gasteiger partial charge is 0.0643 e. The van der Waals surface area contributed by atoms with Crippen LogP contribution in [0.1, 0.15) is 5.56 Å². The van der Waals surface area contributed by atoms with Gasteiger partial charge in [0.15, 0.2) is 0 Å². The fraction of sp³-hybridized carbons (Fsp3) is 0.400. The Labute approximate surface area is 82.9 Å². The van der Waals surface area contributed by atoms with Crippen LogP contribution in [0.15, 0.2) is 24.3 Å². The lowest BCUT2D eigenvalue weighted by Gasteiger charge is -2.27. The topological polar surface area (TPSA) is 21.3 Å². The van der Waals surface area contributed by atoms with Crippen molar-refractivity contribution in [1.82, 2.24) is 5.32 Å². The van der Waals surface area contributed by atoms with E-state index in [2.05, 4.69) is 5.32 Å². The van der Waals surface area contributed by atoms with Crippen LogP contribution in [0.4, 0.5) is 0 Å². The summed E-state index contributed by atoms with van der Waals surface area (Å²) in [5.41, 5.74) is 1.15. The van der Waals surface area contributed by atoms with Crippen LogP contribution < -0.4 is 5.32 Å². The van der Waals surface area contributed by atoms with Crippen LogP contribution in [0.2, 0.25) is 5.02 Å². The third-order valence-corrected chi connectivity index (χ3v) is 2.55. The molecule has 2 rings (SSSR count). The Morgan fingerprint density at radius 1 is 1.38 bits per heavy atom. The number of halogens is 1. The molecule has 3 heteroatoms. The van der Waals surface area contributed by atoms with Gasteiger partial charge in [-0.15, -0.1) is 0 Å². The zero-order valence-electron chi connectivity index (χ0n) is 7.29. The summed E-state index contributed by atoms with van der Waals surface area (Å²) < 4.78 is 5.06. The fourth-order valence-corrected chi connectivity index (χ4v) is 1.45. The Morgan fingerprint density at radius 2 is 2.15 bits per heavy atom. The third-order valence-electron chi connectivity index (χ3n) is 2.18. The van der Waals surface area contributed by atoms with Crippen LogP contribution in [0.25, 0.3) is 0 Å². The van der Waals surface area contributed by atoms with Gasteiger partial charge >= 0.3 is 0 Å². The molecule has 0 unspecified atom stereocenters. The first kappa shape index (κ1) is 9.00. The summed E-state index contributed by atoms with van der Waals surface area (Å²) in [7, 11) is 0. The molecule has 13 heavy (non-hydrogen) atoms. The van der Waals surface area contributed by atoms with Crippen molar-refractivity contribution in [3.63, 3.8) is 0 Å². The van der Waals surface area contributed by atoms with E-state index in [-0.39, 0.29) is 0 Å². The molecule has 2 nitrogen and oxygen atoms in total. The highest BCUT2D eigenvalue weighted by atomic mass is 35.5. The molecule has 0 bridgehead atoms. The first-order valence-corrected chi connectivity index (χ1v) is 4.78. The van der Waals surface area contributed by atoms with Crippen LogP contribution in [-0.2, 0) is 11.3 Å². The summed E-state index contributed by atoms with van der Waals surface area (Å²) >= 11 is 6.00. The molecule has 0 atom stereocenters. The third kappa shape index (κ3) is 2.21. The van der Waals surface area contributed by atoms with Gasteiger partial charge in [0.2, 0.25) is 0 Å². The quantitative estimate of drug-likeness (QED) is 0.799. The van der Waals surface area contributed by atoms with Crippen molar-refractivity contribution in [3.8, 4) is 0 Å². The molecule has 70 valence electrons. The van der Waals surface area contributed by atoms with E-state index < -0.39 is 0 Å². The molecule has 1 aromatic carbocycles. The molecular weight excluding hydrogens is 186 g/mol. The average molecular weight is 198 g/mol. The van der Waals surface area contributed by atoms with Gasteiger partial charge in [-0.1, -0.05) is 29.8 Å². The van der Waals surface area contributed by atoms with E-state index in [1.54, 1.807) is 0 Å². The van der Waals surface area contributed by atoms with Gasteiger partial charge in [-0.05, 0) is 11.6 Å². The van der Waals surface area contributed by atoms with Gasteiger partial charge in [-0.2, -0.15) is 0 Å². The summed E-state index contributed by atoms with van der Waals surface area (Å²) in [6.07, 6.45) is 0. The number of rotatable bonds is 3. The summed E-state index contributed by atoms with van der Waals surface area (Å²) in [5.74, 6) is 0. The van der Waals surface area contributed by atoms with Gasteiger partial charge < -0.3 is 10.1 Å². The summed E-state index contributed by atoms with van der Waals surface area (Å²) in [4.78, 5) is 0. The lowest BCUT2D eigenvalue weighted by Crippen LogP contribution is -2.45. The zero-order valence-corrected chi connectivity index (χ0v) is 8.05. The van der Waals surface area contributed by atoms with Crippen molar-refractivity contribution in [2.24, 2.45) is 0 Å². The first-order valence-electron chi connectivity index (χ1n) is 4.41. The van der Waals surface area contributed by atoms with Gasteiger partial charge in [-0.3, -0.25) is 0 Å². The second-order valence-corrected chi connectivity index (χ2v) is 3.61. The number of ether oxygens (including phenoxy) is 1. The highest BCUT2D eigenvalue weighted by Crippen LogP contribution is 2.14. The van der Waals surface area contributed by atoms with Gasteiger partial charge in [0.05, 0.1) is 19.3 Å². The zero-order chi connectivity index (χ0) is 9.10. The SMILES string of the molecule is Clc1ccccc1CNC1COC1. The Kier molecular flexibility index (Phi) is 2.83. The molecular formula is C10H12ClNO. The molecule has 1 N–H and O–H groups in total. The lowest BCUT2D eigenvalue weighted by molar-refractivity contribution is -0.00578. The highest BCUT2D eigenvalue weighted by molar-refractivity contribution is 6.31. The highest BCUT2D eigenvalue weighted by Gasteiger charge is 2.17. The lowest BCUT2D eigenvalue weighted by atomic mass is 10.2. The van der Waals surface area contributed by atoms with Gasteiger partial charge in [0.1, 0.15) is 0 Å². The van der Waals surface area contributed by atoms with Gasteiger partial charge in [0.25, 0.3) is 0 Å². The van der Waals surface area contributed by atoms with E-state index in [0.717, 1.165) is 30.3 Å². The van der Waals surface area contributed by atoms with Crippen molar-refractivity contribution in [2.75, 3.05) is 13.2 Å². The Balaban J connectivity index is 1.89. The predicted molar refractivity (Wildman–Crippen MR) is 52.9 cm³/mol. The summed E-state index contributed by atoms with van der Waals surface area (Å²) in [5, 5.41) is 4.20. The van der Waals surface area contributed by atoms with Crippen LogP contribution >= 0.6 is 11.6 Å². The molecule has 1 saturated heterocycles. The Bertz CT molecular complexity index is 286. The number of hydrogen-bond acceptors (Lipinski definition) is 2. The van der Waals surface area contributed by atoms with Crippen molar-refractivity contribution in [2.45, 2.75) is 12.6 Å². The van der Waals surface area contributed by atoms with E-state index in [1.165, 1.54) is 0 Å². The monoisotopic (exact) mass is 197 g/mol.